The number of carbonyl (C=O) groups is 1. The van der Waals surface area contributed by atoms with E-state index >= 15 is 0 Å². The van der Waals surface area contributed by atoms with E-state index in [9.17, 15) is 4.79 Å². The Morgan fingerprint density at radius 3 is 3.05 bits per heavy atom. The third-order valence-electron chi connectivity index (χ3n) is 3.69. The third kappa shape index (κ3) is 4.83. The smallest absolute Gasteiger partial charge is 0.251 e. The van der Waals surface area contributed by atoms with Crippen molar-refractivity contribution >= 4 is 5.91 Å². The minimum absolute atomic E-state index is 0.0542. The second-order valence-corrected chi connectivity index (χ2v) is 5.75. The van der Waals surface area contributed by atoms with Crippen LogP contribution in [0.3, 0.4) is 0 Å². The molecule has 0 unspecified atom stereocenters. The molecule has 1 aliphatic heterocycles. The lowest BCUT2D eigenvalue weighted by Crippen LogP contribution is -2.30. The molecule has 0 atom stereocenters. The summed E-state index contributed by atoms with van der Waals surface area (Å²) in [5.41, 5.74) is 3.29. The molecule has 2 N–H and O–H groups in total. The fraction of sp³-hybridized carbons (Fsp3) is 0.588. The molecule has 0 aliphatic carbocycles. The van der Waals surface area contributed by atoms with E-state index in [-0.39, 0.29) is 12.0 Å². The second kappa shape index (κ2) is 8.15. The number of benzene rings is 1. The highest BCUT2D eigenvalue weighted by molar-refractivity contribution is 5.96. The number of unbranched alkanes of at least 4 members (excludes halogenated alkanes) is 1. The average molecular weight is 290 g/mol. The van der Waals surface area contributed by atoms with Gasteiger partial charge in [-0.25, -0.2) is 0 Å². The molecule has 0 saturated heterocycles. The normalized spacial score (nSPS) is 14.0. The van der Waals surface area contributed by atoms with Gasteiger partial charge in [-0.1, -0.05) is 12.1 Å². The molecular formula is C17H26N2O2. The molecule has 21 heavy (non-hydrogen) atoms. The fourth-order valence-electron chi connectivity index (χ4n) is 2.59. The maximum atomic E-state index is 12.3. The summed E-state index contributed by atoms with van der Waals surface area (Å²) in [5.74, 6) is 0.0542. The van der Waals surface area contributed by atoms with Crippen LogP contribution in [0.2, 0.25) is 0 Å². The highest BCUT2D eigenvalue weighted by Crippen LogP contribution is 2.18. The van der Waals surface area contributed by atoms with Gasteiger partial charge in [0, 0.05) is 25.3 Å². The number of fused-ring (bicyclic) bond motifs is 1. The first-order chi connectivity index (χ1) is 10.2. The fourth-order valence-corrected chi connectivity index (χ4v) is 2.59. The lowest BCUT2D eigenvalue weighted by atomic mass is 9.95. The van der Waals surface area contributed by atoms with Crippen molar-refractivity contribution < 1.29 is 9.53 Å². The van der Waals surface area contributed by atoms with Crippen molar-refractivity contribution in [1.82, 2.24) is 10.6 Å². The molecule has 0 saturated carbocycles. The number of hydrogen-bond acceptors (Lipinski definition) is 3. The van der Waals surface area contributed by atoms with Crippen LogP contribution in [0.15, 0.2) is 18.2 Å². The Labute approximate surface area is 127 Å². The number of amides is 1. The Bertz CT molecular complexity index is 472. The largest absolute Gasteiger partial charge is 0.379 e. The van der Waals surface area contributed by atoms with Gasteiger partial charge >= 0.3 is 0 Å². The first-order valence-electron chi connectivity index (χ1n) is 7.89. The maximum absolute atomic E-state index is 12.3. The molecule has 1 aromatic carbocycles. The molecule has 0 radical (unpaired) electrons. The summed E-state index contributed by atoms with van der Waals surface area (Å²) >= 11 is 0. The Hall–Kier alpha value is -1.39. The average Bonchev–Trinajstić information content (AvgIpc) is 2.49. The summed E-state index contributed by atoms with van der Waals surface area (Å²) in [7, 11) is 0. The molecule has 1 heterocycles. The molecule has 0 fully saturated rings. The Morgan fingerprint density at radius 1 is 1.38 bits per heavy atom. The molecule has 1 amide bonds. The van der Waals surface area contributed by atoms with Gasteiger partial charge < -0.3 is 15.4 Å². The van der Waals surface area contributed by atoms with E-state index < -0.39 is 0 Å². The van der Waals surface area contributed by atoms with Gasteiger partial charge in [0.15, 0.2) is 0 Å². The van der Waals surface area contributed by atoms with Gasteiger partial charge in [-0.3, -0.25) is 4.79 Å². The van der Waals surface area contributed by atoms with E-state index in [2.05, 4.69) is 16.7 Å². The van der Waals surface area contributed by atoms with Crippen LogP contribution in [-0.4, -0.2) is 31.7 Å². The van der Waals surface area contributed by atoms with Crippen molar-refractivity contribution in [3.63, 3.8) is 0 Å². The van der Waals surface area contributed by atoms with Crippen LogP contribution in [0.25, 0.3) is 0 Å². The van der Waals surface area contributed by atoms with Crippen LogP contribution in [-0.2, 0) is 17.7 Å². The zero-order chi connectivity index (χ0) is 15.1. The van der Waals surface area contributed by atoms with E-state index in [1.54, 1.807) is 0 Å². The summed E-state index contributed by atoms with van der Waals surface area (Å²) in [6, 6.07) is 6.00. The SMILES string of the molecule is CC(C)OCCCCNC(=O)c1cccc2c1CCNC2. The van der Waals surface area contributed by atoms with E-state index in [1.807, 2.05) is 26.0 Å². The zero-order valence-electron chi connectivity index (χ0n) is 13.1. The first-order valence-corrected chi connectivity index (χ1v) is 7.89. The van der Waals surface area contributed by atoms with Gasteiger partial charge in [-0.05, 0) is 56.8 Å². The number of ether oxygens (including phenoxy) is 1. The standard InChI is InChI=1S/C17H26N2O2/c1-13(2)21-11-4-3-9-19-17(20)16-7-5-6-14-12-18-10-8-15(14)16/h5-7,13,18H,3-4,8-12H2,1-2H3,(H,19,20). The van der Waals surface area contributed by atoms with E-state index in [4.69, 9.17) is 4.74 Å². The minimum Gasteiger partial charge on any atom is -0.379 e. The molecule has 4 nitrogen and oxygen atoms in total. The summed E-state index contributed by atoms with van der Waals surface area (Å²) < 4.78 is 5.49. The van der Waals surface area contributed by atoms with Crippen molar-refractivity contribution in [2.24, 2.45) is 0 Å². The van der Waals surface area contributed by atoms with Crippen LogP contribution in [0.1, 0.15) is 48.2 Å². The van der Waals surface area contributed by atoms with Crippen LogP contribution in [0, 0.1) is 0 Å². The van der Waals surface area contributed by atoms with E-state index in [1.165, 1.54) is 11.1 Å². The molecule has 2 rings (SSSR count). The van der Waals surface area contributed by atoms with Gasteiger partial charge in [0.1, 0.15) is 0 Å². The molecular weight excluding hydrogens is 264 g/mol. The van der Waals surface area contributed by atoms with Gasteiger partial charge in [-0.2, -0.15) is 0 Å². The lowest BCUT2D eigenvalue weighted by molar-refractivity contribution is 0.0754. The predicted octanol–water partition coefficient (Wildman–Crippen LogP) is 2.27. The molecule has 0 aromatic heterocycles. The van der Waals surface area contributed by atoms with Gasteiger partial charge in [0.25, 0.3) is 5.91 Å². The Kier molecular flexibility index (Phi) is 6.21. The lowest BCUT2D eigenvalue weighted by Gasteiger charge is -2.20. The summed E-state index contributed by atoms with van der Waals surface area (Å²) in [6.45, 7) is 7.36. The van der Waals surface area contributed by atoms with Crippen LogP contribution in [0.4, 0.5) is 0 Å². The number of carbonyl (C=O) groups excluding carboxylic acids is 1. The molecule has 1 aromatic rings. The van der Waals surface area contributed by atoms with Gasteiger partial charge in [0.2, 0.25) is 0 Å². The number of hydrogen-bond donors (Lipinski definition) is 2. The minimum atomic E-state index is 0.0542. The quantitative estimate of drug-likeness (QED) is 0.757. The Balaban J connectivity index is 1.79. The monoisotopic (exact) mass is 290 g/mol. The van der Waals surface area contributed by atoms with E-state index in [0.29, 0.717) is 6.54 Å². The van der Waals surface area contributed by atoms with Crippen molar-refractivity contribution in [1.29, 1.82) is 0 Å². The van der Waals surface area contributed by atoms with Crippen LogP contribution in [0.5, 0.6) is 0 Å². The molecule has 116 valence electrons. The molecule has 1 aliphatic rings. The van der Waals surface area contributed by atoms with Crippen molar-refractivity contribution in [3.05, 3.63) is 34.9 Å². The Morgan fingerprint density at radius 2 is 2.24 bits per heavy atom. The summed E-state index contributed by atoms with van der Waals surface area (Å²) in [5, 5.41) is 6.36. The zero-order valence-corrected chi connectivity index (χ0v) is 13.1. The second-order valence-electron chi connectivity index (χ2n) is 5.75. The number of rotatable bonds is 7. The highest BCUT2D eigenvalue weighted by atomic mass is 16.5. The van der Waals surface area contributed by atoms with Crippen LogP contribution < -0.4 is 10.6 Å². The van der Waals surface area contributed by atoms with Gasteiger partial charge in [-0.15, -0.1) is 0 Å². The van der Waals surface area contributed by atoms with Crippen molar-refractivity contribution in [2.45, 2.75) is 45.8 Å². The highest BCUT2D eigenvalue weighted by Gasteiger charge is 2.16. The topological polar surface area (TPSA) is 50.4 Å². The third-order valence-corrected chi connectivity index (χ3v) is 3.69. The summed E-state index contributed by atoms with van der Waals surface area (Å²) in [6.07, 6.45) is 3.15. The molecule has 0 spiro atoms. The number of nitrogens with one attached hydrogen (secondary N) is 2. The van der Waals surface area contributed by atoms with E-state index in [0.717, 1.165) is 44.5 Å². The maximum Gasteiger partial charge on any atom is 0.251 e. The molecule has 0 bridgehead atoms. The summed E-state index contributed by atoms with van der Waals surface area (Å²) in [4.78, 5) is 12.3. The van der Waals surface area contributed by atoms with Crippen molar-refractivity contribution in [3.8, 4) is 0 Å². The van der Waals surface area contributed by atoms with Gasteiger partial charge in [0.05, 0.1) is 6.10 Å². The van der Waals surface area contributed by atoms with Crippen molar-refractivity contribution in [2.75, 3.05) is 19.7 Å². The predicted molar refractivity (Wildman–Crippen MR) is 84.5 cm³/mol. The first kappa shape index (κ1) is 16.0. The van der Waals surface area contributed by atoms with Crippen LogP contribution >= 0.6 is 0 Å². The molecule has 4 heteroatoms.